The molecule has 0 aliphatic carbocycles. The molecule has 0 fully saturated rings. The van der Waals surface area contributed by atoms with Gasteiger partial charge < -0.3 is 10.4 Å². The predicted molar refractivity (Wildman–Crippen MR) is 76.2 cm³/mol. The van der Waals surface area contributed by atoms with E-state index < -0.39 is 12.0 Å². The van der Waals surface area contributed by atoms with Gasteiger partial charge in [0.1, 0.15) is 5.00 Å². The lowest BCUT2D eigenvalue weighted by molar-refractivity contribution is 0.0698. The second-order valence-electron chi connectivity index (χ2n) is 3.85. The highest BCUT2D eigenvalue weighted by atomic mass is 32.1. The van der Waals surface area contributed by atoms with Crippen molar-refractivity contribution in [2.75, 3.05) is 5.32 Å². The minimum Gasteiger partial charge on any atom is -0.478 e. The highest BCUT2D eigenvalue weighted by molar-refractivity contribution is 7.14. The van der Waals surface area contributed by atoms with Crippen LogP contribution in [0.2, 0.25) is 0 Å². The van der Waals surface area contributed by atoms with Gasteiger partial charge in [0, 0.05) is 0 Å². The molecule has 100 valence electrons. The monoisotopic (exact) mass is 296 g/mol. The summed E-state index contributed by atoms with van der Waals surface area (Å²) < 4.78 is 0. The van der Waals surface area contributed by atoms with Crippen molar-refractivity contribution < 1.29 is 14.7 Å². The molecule has 0 spiro atoms. The molecule has 0 radical (unpaired) electrons. The first kappa shape index (κ1) is 13.6. The van der Waals surface area contributed by atoms with Gasteiger partial charge >= 0.3 is 12.0 Å². The minimum absolute atomic E-state index is 0.100. The second kappa shape index (κ2) is 5.85. The zero-order chi connectivity index (χ0) is 13.8. The minimum atomic E-state index is -1.05. The predicted octanol–water partition coefficient (Wildman–Crippen LogP) is 3.39. The molecule has 1 atom stereocenters. The van der Waals surface area contributed by atoms with Crippen LogP contribution in [0.25, 0.3) is 0 Å². The van der Waals surface area contributed by atoms with Crippen molar-refractivity contribution in [2.45, 2.75) is 13.0 Å². The summed E-state index contributed by atoms with van der Waals surface area (Å²) in [4.78, 5) is 22.7. The third-order valence-corrected chi connectivity index (χ3v) is 4.04. The molecule has 2 heterocycles. The van der Waals surface area contributed by atoms with Crippen molar-refractivity contribution in [1.82, 2.24) is 5.32 Å². The van der Waals surface area contributed by atoms with Gasteiger partial charge in [-0.3, -0.25) is 5.32 Å². The van der Waals surface area contributed by atoms with Gasteiger partial charge in [-0.15, -0.1) is 11.3 Å². The Morgan fingerprint density at radius 1 is 1.32 bits per heavy atom. The molecule has 0 aliphatic heterocycles. The molecular formula is C12H12N2O3S2. The van der Waals surface area contributed by atoms with Gasteiger partial charge in [-0.1, -0.05) is 0 Å². The molecule has 2 rings (SSSR count). The largest absolute Gasteiger partial charge is 0.478 e. The van der Waals surface area contributed by atoms with Gasteiger partial charge in [0.2, 0.25) is 0 Å². The number of carboxylic acids is 1. The molecule has 3 N–H and O–H groups in total. The zero-order valence-electron chi connectivity index (χ0n) is 10.0. The lowest BCUT2D eigenvalue weighted by Crippen LogP contribution is -2.31. The molecule has 2 aromatic heterocycles. The summed E-state index contributed by atoms with van der Waals surface area (Å²) in [6.07, 6.45) is 0. The van der Waals surface area contributed by atoms with E-state index in [4.69, 9.17) is 5.11 Å². The lowest BCUT2D eigenvalue weighted by Gasteiger charge is -2.13. The molecule has 19 heavy (non-hydrogen) atoms. The smallest absolute Gasteiger partial charge is 0.338 e. The maximum absolute atomic E-state index is 11.8. The lowest BCUT2D eigenvalue weighted by atomic mass is 10.2. The van der Waals surface area contributed by atoms with Crippen molar-refractivity contribution in [2.24, 2.45) is 0 Å². The van der Waals surface area contributed by atoms with Crippen LogP contribution in [0.1, 0.15) is 28.9 Å². The van der Waals surface area contributed by atoms with E-state index >= 15 is 0 Å². The van der Waals surface area contributed by atoms with Crippen LogP contribution in [-0.4, -0.2) is 17.1 Å². The van der Waals surface area contributed by atoms with Gasteiger partial charge in [-0.25, -0.2) is 9.59 Å². The quantitative estimate of drug-likeness (QED) is 0.809. The second-order valence-corrected chi connectivity index (χ2v) is 5.54. The van der Waals surface area contributed by atoms with Crippen LogP contribution in [0, 0.1) is 0 Å². The standard InChI is InChI=1S/C12H12N2O3S2/c1-7(8-2-4-18-6-8)13-12(17)14-10-9(11(15)16)3-5-19-10/h2-7H,1H3,(H,15,16)(H2,13,14,17). The third-order valence-electron chi connectivity index (χ3n) is 2.51. The number of rotatable bonds is 4. The summed E-state index contributed by atoms with van der Waals surface area (Å²) in [5.41, 5.74) is 1.12. The maximum atomic E-state index is 11.8. The number of hydrogen-bond donors (Lipinski definition) is 3. The molecular weight excluding hydrogens is 284 g/mol. The Bertz CT molecular complexity index is 578. The molecule has 0 aliphatic rings. The molecule has 0 saturated carbocycles. The SMILES string of the molecule is CC(NC(=O)Nc1sccc1C(=O)O)c1ccsc1. The van der Waals surface area contributed by atoms with E-state index in [0.717, 1.165) is 5.56 Å². The number of urea groups is 1. The number of anilines is 1. The average molecular weight is 296 g/mol. The fraction of sp³-hybridized carbons (Fsp3) is 0.167. The molecule has 7 heteroatoms. The summed E-state index contributed by atoms with van der Waals surface area (Å²) in [5, 5.41) is 20.1. The van der Waals surface area contributed by atoms with Crippen molar-refractivity contribution >= 4 is 39.7 Å². The first-order valence-electron chi connectivity index (χ1n) is 5.48. The van der Waals surface area contributed by atoms with Gasteiger partial charge in [0.15, 0.2) is 0 Å². The van der Waals surface area contributed by atoms with E-state index in [2.05, 4.69) is 10.6 Å². The van der Waals surface area contributed by atoms with Crippen molar-refractivity contribution in [1.29, 1.82) is 0 Å². The topological polar surface area (TPSA) is 78.4 Å². The number of aromatic carboxylic acids is 1. The Morgan fingerprint density at radius 3 is 2.74 bits per heavy atom. The Kier molecular flexibility index (Phi) is 4.18. The first-order valence-corrected chi connectivity index (χ1v) is 7.30. The number of nitrogens with one attached hydrogen (secondary N) is 2. The summed E-state index contributed by atoms with van der Waals surface area (Å²) in [6, 6.07) is 2.86. The van der Waals surface area contributed by atoms with Crippen LogP contribution in [0.15, 0.2) is 28.3 Å². The normalized spacial score (nSPS) is 11.8. The zero-order valence-corrected chi connectivity index (χ0v) is 11.7. The summed E-state index contributed by atoms with van der Waals surface area (Å²) in [5.74, 6) is -1.05. The van der Waals surface area contributed by atoms with E-state index in [-0.39, 0.29) is 11.6 Å². The number of thiophene rings is 2. The Balaban J connectivity index is 1.98. The summed E-state index contributed by atoms with van der Waals surface area (Å²) in [6.45, 7) is 1.87. The highest BCUT2D eigenvalue weighted by Gasteiger charge is 2.15. The van der Waals surface area contributed by atoms with Crippen LogP contribution < -0.4 is 10.6 Å². The molecule has 0 aromatic carbocycles. The van der Waals surface area contributed by atoms with Crippen LogP contribution in [0.4, 0.5) is 9.80 Å². The van der Waals surface area contributed by atoms with E-state index in [1.807, 2.05) is 23.8 Å². The van der Waals surface area contributed by atoms with Crippen LogP contribution in [0.5, 0.6) is 0 Å². The third kappa shape index (κ3) is 3.33. The Labute approximate surface area is 117 Å². The van der Waals surface area contributed by atoms with Gasteiger partial charge in [0.25, 0.3) is 0 Å². The molecule has 2 aromatic rings. The van der Waals surface area contributed by atoms with E-state index in [1.165, 1.54) is 17.4 Å². The van der Waals surface area contributed by atoms with Crippen LogP contribution in [-0.2, 0) is 0 Å². The van der Waals surface area contributed by atoms with Gasteiger partial charge in [0.05, 0.1) is 11.6 Å². The molecule has 0 saturated heterocycles. The highest BCUT2D eigenvalue weighted by Crippen LogP contribution is 2.23. The fourth-order valence-corrected chi connectivity index (χ4v) is 3.04. The first-order chi connectivity index (χ1) is 9.08. The Hall–Kier alpha value is -1.86. The van der Waals surface area contributed by atoms with Gasteiger partial charge in [-0.05, 0) is 40.8 Å². The molecule has 2 amide bonds. The number of hydrogen-bond acceptors (Lipinski definition) is 4. The average Bonchev–Trinajstić information content (AvgIpc) is 2.98. The van der Waals surface area contributed by atoms with Crippen molar-refractivity contribution in [3.63, 3.8) is 0 Å². The molecule has 0 bridgehead atoms. The summed E-state index contributed by atoms with van der Waals surface area (Å²) in [7, 11) is 0. The van der Waals surface area contributed by atoms with E-state index in [0.29, 0.717) is 5.00 Å². The van der Waals surface area contributed by atoms with Crippen LogP contribution >= 0.6 is 22.7 Å². The molecule has 1 unspecified atom stereocenters. The van der Waals surface area contributed by atoms with Crippen molar-refractivity contribution in [3.05, 3.63) is 39.4 Å². The van der Waals surface area contributed by atoms with Gasteiger partial charge in [-0.2, -0.15) is 11.3 Å². The van der Waals surface area contributed by atoms with E-state index in [1.54, 1.807) is 16.7 Å². The fourth-order valence-electron chi connectivity index (χ4n) is 1.52. The maximum Gasteiger partial charge on any atom is 0.338 e. The molecule has 5 nitrogen and oxygen atoms in total. The van der Waals surface area contributed by atoms with E-state index in [9.17, 15) is 9.59 Å². The number of carboxylic acid groups (broad SMARTS) is 1. The number of carbonyl (C=O) groups is 2. The summed E-state index contributed by atoms with van der Waals surface area (Å²) >= 11 is 2.74. The Morgan fingerprint density at radius 2 is 2.11 bits per heavy atom. The number of carbonyl (C=O) groups excluding carboxylic acids is 1. The number of amides is 2. The van der Waals surface area contributed by atoms with Crippen LogP contribution in [0.3, 0.4) is 0 Å². The van der Waals surface area contributed by atoms with Crippen molar-refractivity contribution in [3.8, 4) is 0 Å².